The Morgan fingerprint density at radius 1 is 1.47 bits per heavy atom. The van der Waals surface area contributed by atoms with Gasteiger partial charge in [-0.3, -0.25) is 0 Å². The van der Waals surface area contributed by atoms with Crippen LogP contribution in [0.1, 0.15) is 38.2 Å². The average Bonchev–Trinajstić information content (AvgIpc) is 2.99. The molecule has 100 valence electrons. The first-order chi connectivity index (χ1) is 8.99. The summed E-state index contributed by atoms with van der Waals surface area (Å²) in [6, 6.07) is 8.42. The molecular weight excluding hydrogens is 241 g/mol. The molecule has 0 radical (unpaired) electrons. The molecule has 0 heterocycles. The molecule has 1 N–H and O–H groups in total. The van der Waals surface area contributed by atoms with Crippen LogP contribution in [0.3, 0.4) is 0 Å². The van der Waals surface area contributed by atoms with Crippen LogP contribution in [0.5, 0.6) is 0 Å². The summed E-state index contributed by atoms with van der Waals surface area (Å²) in [5, 5.41) is 20.7. The van der Waals surface area contributed by atoms with Crippen LogP contribution in [0.4, 0.5) is 4.39 Å². The van der Waals surface area contributed by atoms with E-state index >= 15 is 0 Å². The molecule has 0 saturated heterocycles. The second kappa shape index (κ2) is 4.05. The zero-order chi connectivity index (χ0) is 13.7. The highest BCUT2D eigenvalue weighted by molar-refractivity contribution is 5.31. The number of benzene rings is 1. The van der Waals surface area contributed by atoms with Crippen molar-refractivity contribution in [2.45, 2.75) is 38.2 Å². The Morgan fingerprint density at radius 2 is 2.26 bits per heavy atom. The van der Waals surface area contributed by atoms with Gasteiger partial charge in [0, 0.05) is 0 Å². The first-order valence-corrected chi connectivity index (χ1v) is 6.89. The van der Waals surface area contributed by atoms with Crippen molar-refractivity contribution in [1.29, 1.82) is 5.26 Å². The molecule has 1 aromatic rings. The molecule has 0 aliphatic heterocycles. The third-order valence-corrected chi connectivity index (χ3v) is 5.30. The van der Waals surface area contributed by atoms with Crippen molar-refractivity contribution in [3.63, 3.8) is 0 Å². The van der Waals surface area contributed by atoms with Crippen LogP contribution in [0.2, 0.25) is 0 Å². The molecule has 19 heavy (non-hydrogen) atoms. The Morgan fingerprint density at radius 3 is 2.79 bits per heavy atom. The predicted octanol–water partition coefficient (Wildman–Crippen LogP) is 3.36. The van der Waals surface area contributed by atoms with Gasteiger partial charge in [0.15, 0.2) is 0 Å². The highest BCUT2D eigenvalue weighted by Crippen LogP contribution is 2.62. The van der Waals surface area contributed by atoms with Gasteiger partial charge in [0.1, 0.15) is 11.4 Å². The van der Waals surface area contributed by atoms with Crippen molar-refractivity contribution in [2.24, 2.45) is 17.3 Å². The van der Waals surface area contributed by atoms with Gasteiger partial charge in [-0.15, -0.1) is 0 Å². The average molecular weight is 259 g/mol. The Hall–Kier alpha value is -1.40. The van der Waals surface area contributed by atoms with E-state index in [1.807, 2.05) is 0 Å². The number of aliphatic hydroxyl groups is 1. The van der Waals surface area contributed by atoms with Crippen LogP contribution in [0.15, 0.2) is 24.3 Å². The van der Waals surface area contributed by atoms with E-state index in [0.29, 0.717) is 11.5 Å². The summed E-state index contributed by atoms with van der Waals surface area (Å²) in [4.78, 5) is 0. The number of halogens is 1. The molecule has 0 amide bonds. The quantitative estimate of drug-likeness (QED) is 0.885. The van der Waals surface area contributed by atoms with Crippen molar-refractivity contribution in [3.05, 3.63) is 35.6 Å². The van der Waals surface area contributed by atoms with E-state index in [1.54, 1.807) is 19.1 Å². The van der Waals surface area contributed by atoms with Crippen molar-refractivity contribution >= 4 is 0 Å². The number of hydrogen-bond acceptors (Lipinski definition) is 2. The topological polar surface area (TPSA) is 44.0 Å². The summed E-state index contributed by atoms with van der Waals surface area (Å²) in [6.07, 6.45) is 3.92. The molecule has 2 nitrogen and oxygen atoms in total. The van der Waals surface area contributed by atoms with Gasteiger partial charge >= 0.3 is 0 Å². The Bertz CT molecular complexity index is 548. The maximum atomic E-state index is 13.4. The van der Waals surface area contributed by atoms with Crippen LogP contribution < -0.4 is 0 Å². The highest BCUT2D eigenvalue weighted by atomic mass is 19.1. The normalized spacial score (nSPS) is 35.9. The molecule has 2 aliphatic rings. The van der Waals surface area contributed by atoms with Gasteiger partial charge in [-0.25, -0.2) is 4.39 Å². The lowest BCUT2D eigenvalue weighted by molar-refractivity contribution is -0.0736. The smallest absolute Gasteiger partial charge is 0.123 e. The molecular formula is C16H18FNO. The van der Waals surface area contributed by atoms with Gasteiger partial charge in [-0.05, 0) is 55.7 Å². The summed E-state index contributed by atoms with van der Waals surface area (Å²) < 4.78 is 13.4. The zero-order valence-electron chi connectivity index (χ0n) is 11.1. The first kappa shape index (κ1) is 12.6. The summed E-state index contributed by atoms with van der Waals surface area (Å²) in [6.45, 7) is 1.67. The van der Waals surface area contributed by atoms with E-state index in [0.717, 1.165) is 25.7 Å². The minimum atomic E-state index is -1.29. The molecule has 3 heteroatoms. The minimum absolute atomic E-state index is 0.237. The van der Waals surface area contributed by atoms with Gasteiger partial charge in [0.2, 0.25) is 0 Å². The minimum Gasteiger partial charge on any atom is -0.384 e. The molecule has 0 spiro atoms. The molecule has 2 aliphatic carbocycles. The Labute approximate surface area is 112 Å². The summed E-state index contributed by atoms with van der Waals surface area (Å²) in [7, 11) is 0. The lowest BCUT2D eigenvalue weighted by atomic mass is 9.61. The van der Waals surface area contributed by atoms with E-state index in [2.05, 4.69) is 6.07 Å². The molecule has 0 aromatic heterocycles. The zero-order valence-corrected chi connectivity index (χ0v) is 11.1. The van der Waals surface area contributed by atoms with Crippen LogP contribution in [0, 0.1) is 34.4 Å². The summed E-state index contributed by atoms with van der Waals surface area (Å²) in [5.41, 5.74) is -1.53. The van der Waals surface area contributed by atoms with Crippen molar-refractivity contribution in [3.8, 4) is 6.07 Å². The molecule has 4 unspecified atom stereocenters. The van der Waals surface area contributed by atoms with Crippen molar-refractivity contribution in [2.75, 3.05) is 0 Å². The maximum absolute atomic E-state index is 13.4. The van der Waals surface area contributed by atoms with E-state index in [1.165, 1.54) is 12.1 Å². The summed E-state index contributed by atoms with van der Waals surface area (Å²) >= 11 is 0. The van der Waals surface area contributed by atoms with E-state index in [-0.39, 0.29) is 11.7 Å². The molecule has 4 atom stereocenters. The number of fused-ring (bicyclic) bond motifs is 2. The van der Waals surface area contributed by atoms with E-state index in [9.17, 15) is 14.8 Å². The fraction of sp³-hybridized carbons (Fsp3) is 0.562. The maximum Gasteiger partial charge on any atom is 0.123 e. The lowest BCUT2D eigenvalue weighted by Crippen LogP contribution is -2.46. The Kier molecular flexibility index (Phi) is 2.69. The predicted molar refractivity (Wildman–Crippen MR) is 69.5 cm³/mol. The van der Waals surface area contributed by atoms with Gasteiger partial charge < -0.3 is 5.11 Å². The number of hydrogen-bond donors (Lipinski definition) is 1. The van der Waals surface area contributed by atoms with Crippen LogP contribution in [-0.4, -0.2) is 5.11 Å². The monoisotopic (exact) mass is 259 g/mol. The number of rotatable bonds is 2. The molecule has 1 aromatic carbocycles. The van der Waals surface area contributed by atoms with E-state index in [4.69, 9.17) is 0 Å². The van der Waals surface area contributed by atoms with Gasteiger partial charge in [0.25, 0.3) is 0 Å². The van der Waals surface area contributed by atoms with E-state index < -0.39 is 11.0 Å². The van der Waals surface area contributed by atoms with Gasteiger partial charge in [0.05, 0.1) is 11.5 Å². The summed E-state index contributed by atoms with van der Waals surface area (Å²) in [5.74, 6) is 0.416. The third kappa shape index (κ3) is 1.63. The third-order valence-electron chi connectivity index (χ3n) is 5.30. The fourth-order valence-electron chi connectivity index (χ4n) is 4.22. The Balaban J connectivity index is 2.06. The SMILES string of the molecule is CC(O)(c1cccc(F)c1)C1(C#N)CC2CCC1C2. The standard InChI is InChI=1S/C16H18FNO/c1-15(19,12-3-2-4-14(17)8-12)16(10-18)9-11-5-6-13(16)7-11/h2-4,8,11,13,19H,5-7,9H2,1H3. The van der Waals surface area contributed by atoms with Crippen LogP contribution in [0.25, 0.3) is 0 Å². The molecule has 2 fully saturated rings. The highest BCUT2D eigenvalue weighted by Gasteiger charge is 2.61. The van der Waals surface area contributed by atoms with Crippen molar-refractivity contribution < 1.29 is 9.50 Å². The molecule has 2 bridgehead atoms. The van der Waals surface area contributed by atoms with Crippen LogP contribution >= 0.6 is 0 Å². The second-order valence-corrected chi connectivity index (χ2v) is 6.25. The molecule has 3 rings (SSSR count). The van der Waals surface area contributed by atoms with Gasteiger partial charge in [-0.1, -0.05) is 18.6 Å². The number of nitriles is 1. The molecule has 2 saturated carbocycles. The lowest BCUT2D eigenvalue weighted by Gasteiger charge is -2.43. The second-order valence-electron chi connectivity index (χ2n) is 6.25. The fourth-order valence-corrected chi connectivity index (χ4v) is 4.22. The first-order valence-electron chi connectivity index (χ1n) is 6.89. The van der Waals surface area contributed by atoms with Gasteiger partial charge in [-0.2, -0.15) is 5.26 Å². The number of nitrogens with zero attached hydrogens (tertiary/aromatic N) is 1. The largest absolute Gasteiger partial charge is 0.384 e. The van der Waals surface area contributed by atoms with Crippen LogP contribution in [-0.2, 0) is 5.60 Å². The van der Waals surface area contributed by atoms with Crippen molar-refractivity contribution in [1.82, 2.24) is 0 Å².